The molecular weight excluding hydrogens is 256 g/mol. The van der Waals surface area contributed by atoms with Gasteiger partial charge >= 0.3 is 0 Å². The topological polar surface area (TPSA) is 33.2 Å². The molecule has 1 heterocycles. The van der Waals surface area contributed by atoms with E-state index >= 15 is 0 Å². The zero-order valence-electron chi connectivity index (χ0n) is 11.0. The van der Waals surface area contributed by atoms with Crippen LogP contribution in [0.15, 0.2) is 59.8 Å². The monoisotopic (exact) mass is 272 g/mol. The number of hydrogen-bond donors (Lipinski definition) is 0. The molecule has 0 saturated heterocycles. The van der Waals surface area contributed by atoms with Crippen molar-refractivity contribution < 1.29 is 4.79 Å². The summed E-state index contributed by atoms with van der Waals surface area (Å²) in [6, 6.07) is 15.3. The zero-order chi connectivity index (χ0) is 13.7. The number of carbonyl (C=O) groups is 1. The third-order valence-corrected chi connectivity index (χ3v) is 3.80. The van der Waals surface area contributed by atoms with Crippen molar-refractivity contribution in [3.05, 3.63) is 54.7 Å². The van der Waals surface area contributed by atoms with Gasteiger partial charge in [0.05, 0.1) is 10.3 Å². The van der Waals surface area contributed by atoms with Crippen LogP contribution in [0.3, 0.4) is 0 Å². The molecule has 0 unspecified atom stereocenters. The quantitative estimate of drug-likeness (QED) is 0.801. The van der Waals surface area contributed by atoms with Crippen LogP contribution in [0.2, 0.25) is 0 Å². The summed E-state index contributed by atoms with van der Waals surface area (Å²) in [6.45, 7) is 1.90. The summed E-state index contributed by atoms with van der Waals surface area (Å²) < 4.78 is 0. The van der Waals surface area contributed by atoms with Gasteiger partial charge in [0.2, 0.25) is 5.91 Å². The Labute approximate surface area is 117 Å². The number of anilines is 1. The Morgan fingerprint density at radius 2 is 1.84 bits per heavy atom. The van der Waals surface area contributed by atoms with Crippen molar-refractivity contribution >= 4 is 23.4 Å². The van der Waals surface area contributed by atoms with Crippen molar-refractivity contribution in [1.82, 2.24) is 4.98 Å². The van der Waals surface area contributed by atoms with Crippen LogP contribution in [0.1, 0.15) is 6.92 Å². The van der Waals surface area contributed by atoms with Gasteiger partial charge in [-0.2, -0.15) is 0 Å². The first-order chi connectivity index (χ1) is 9.18. The van der Waals surface area contributed by atoms with Crippen molar-refractivity contribution in [1.29, 1.82) is 0 Å². The van der Waals surface area contributed by atoms with Gasteiger partial charge in [0.15, 0.2) is 0 Å². The van der Waals surface area contributed by atoms with Crippen LogP contribution in [0.4, 0.5) is 5.69 Å². The molecule has 19 heavy (non-hydrogen) atoms. The number of aromatic nitrogens is 1. The summed E-state index contributed by atoms with van der Waals surface area (Å²) >= 11 is 1.47. The number of nitrogens with zero attached hydrogens (tertiary/aromatic N) is 2. The lowest BCUT2D eigenvalue weighted by Crippen LogP contribution is -2.33. The lowest BCUT2D eigenvalue weighted by atomic mass is 10.3. The Bertz CT molecular complexity index is 530. The van der Waals surface area contributed by atoms with Gasteiger partial charge in [0.1, 0.15) is 0 Å². The minimum Gasteiger partial charge on any atom is -0.315 e. The summed E-state index contributed by atoms with van der Waals surface area (Å²) in [4.78, 5) is 18.2. The highest BCUT2D eigenvalue weighted by Crippen LogP contribution is 2.23. The number of amides is 1. The third-order valence-electron chi connectivity index (χ3n) is 2.76. The van der Waals surface area contributed by atoms with E-state index in [-0.39, 0.29) is 11.2 Å². The molecule has 3 nitrogen and oxygen atoms in total. The van der Waals surface area contributed by atoms with E-state index < -0.39 is 0 Å². The van der Waals surface area contributed by atoms with E-state index in [4.69, 9.17) is 0 Å². The molecule has 0 aliphatic carbocycles. The van der Waals surface area contributed by atoms with Crippen LogP contribution >= 0.6 is 11.8 Å². The predicted molar refractivity (Wildman–Crippen MR) is 79.4 cm³/mol. The molecule has 0 aliphatic heterocycles. The standard InChI is InChI=1S/C15H16N2OS/c1-12(19-14-10-6-7-11-16-14)15(18)17(2)13-8-4-3-5-9-13/h3-12H,1-2H3/t12-/m0/s1. The maximum absolute atomic E-state index is 12.3. The average Bonchev–Trinajstić information content (AvgIpc) is 2.47. The van der Waals surface area contributed by atoms with Crippen molar-refractivity contribution in [2.75, 3.05) is 11.9 Å². The Kier molecular flexibility index (Phi) is 4.58. The SMILES string of the molecule is C[C@H](Sc1ccccn1)C(=O)N(C)c1ccccc1. The molecule has 0 fully saturated rings. The highest BCUT2D eigenvalue weighted by atomic mass is 32.2. The molecule has 0 bridgehead atoms. The van der Waals surface area contributed by atoms with E-state index in [0.717, 1.165) is 10.7 Å². The fraction of sp³-hybridized carbons (Fsp3) is 0.200. The molecular formula is C15H16N2OS. The first-order valence-corrected chi connectivity index (χ1v) is 6.97. The maximum atomic E-state index is 12.3. The summed E-state index contributed by atoms with van der Waals surface area (Å²) in [5.74, 6) is 0.0712. The van der Waals surface area contributed by atoms with Crippen LogP contribution in [-0.4, -0.2) is 23.2 Å². The Morgan fingerprint density at radius 3 is 2.47 bits per heavy atom. The molecule has 1 amide bonds. The molecule has 0 radical (unpaired) electrons. The van der Waals surface area contributed by atoms with Gasteiger partial charge in [-0.3, -0.25) is 4.79 Å². The lowest BCUT2D eigenvalue weighted by molar-refractivity contribution is -0.117. The van der Waals surface area contributed by atoms with E-state index in [9.17, 15) is 4.79 Å². The molecule has 0 spiro atoms. The minimum atomic E-state index is -0.167. The molecule has 0 saturated carbocycles. The number of thioether (sulfide) groups is 1. The van der Waals surface area contributed by atoms with E-state index in [1.165, 1.54) is 11.8 Å². The maximum Gasteiger partial charge on any atom is 0.239 e. The van der Waals surface area contributed by atoms with Crippen molar-refractivity contribution in [3.8, 4) is 0 Å². The van der Waals surface area contributed by atoms with Crippen LogP contribution in [0.5, 0.6) is 0 Å². The molecule has 1 atom stereocenters. The zero-order valence-corrected chi connectivity index (χ0v) is 11.8. The normalized spacial score (nSPS) is 11.9. The third kappa shape index (κ3) is 3.58. The highest BCUT2D eigenvalue weighted by Gasteiger charge is 2.19. The molecule has 1 aromatic carbocycles. The van der Waals surface area contributed by atoms with Gasteiger partial charge in [-0.15, -0.1) is 0 Å². The van der Waals surface area contributed by atoms with E-state index in [1.54, 1.807) is 18.1 Å². The van der Waals surface area contributed by atoms with Gasteiger partial charge in [-0.25, -0.2) is 4.98 Å². The number of hydrogen-bond acceptors (Lipinski definition) is 3. The summed E-state index contributed by atoms with van der Waals surface area (Å²) in [5, 5.41) is 0.699. The molecule has 1 aromatic heterocycles. The van der Waals surface area contributed by atoms with Crippen molar-refractivity contribution in [3.63, 3.8) is 0 Å². The second kappa shape index (κ2) is 6.38. The Hall–Kier alpha value is -1.81. The van der Waals surface area contributed by atoms with E-state index in [2.05, 4.69) is 4.98 Å². The van der Waals surface area contributed by atoms with Crippen LogP contribution in [0.25, 0.3) is 0 Å². The second-order valence-corrected chi connectivity index (χ2v) is 5.52. The molecule has 2 aromatic rings. The highest BCUT2D eigenvalue weighted by molar-refractivity contribution is 8.00. The number of para-hydroxylation sites is 1. The van der Waals surface area contributed by atoms with Crippen LogP contribution in [-0.2, 0) is 4.79 Å². The summed E-state index contributed by atoms with van der Waals surface area (Å²) in [5.41, 5.74) is 0.904. The van der Waals surface area contributed by atoms with Gasteiger partial charge < -0.3 is 4.90 Å². The molecule has 2 rings (SSSR count). The van der Waals surface area contributed by atoms with Crippen LogP contribution < -0.4 is 4.90 Å². The number of carbonyl (C=O) groups excluding carboxylic acids is 1. The van der Waals surface area contributed by atoms with Gasteiger partial charge in [0.25, 0.3) is 0 Å². The lowest BCUT2D eigenvalue weighted by Gasteiger charge is -2.20. The second-order valence-electron chi connectivity index (χ2n) is 4.16. The smallest absolute Gasteiger partial charge is 0.239 e. The summed E-state index contributed by atoms with van der Waals surface area (Å²) in [6.07, 6.45) is 1.74. The Morgan fingerprint density at radius 1 is 1.16 bits per heavy atom. The summed E-state index contributed by atoms with van der Waals surface area (Å²) in [7, 11) is 1.80. The largest absolute Gasteiger partial charge is 0.315 e. The van der Waals surface area contributed by atoms with Crippen LogP contribution in [0, 0.1) is 0 Å². The molecule has 0 aliphatic rings. The number of rotatable bonds is 4. The average molecular weight is 272 g/mol. The van der Waals surface area contributed by atoms with Crippen molar-refractivity contribution in [2.45, 2.75) is 17.2 Å². The van der Waals surface area contributed by atoms with E-state index in [0.29, 0.717) is 0 Å². The number of pyridine rings is 1. The van der Waals surface area contributed by atoms with Gasteiger partial charge in [-0.05, 0) is 31.2 Å². The first-order valence-electron chi connectivity index (χ1n) is 6.09. The fourth-order valence-electron chi connectivity index (χ4n) is 1.70. The van der Waals surface area contributed by atoms with E-state index in [1.807, 2.05) is 55.5 Å². The molecule has 98 valence electrons. The first kappa shape index (κ1) is 13.6. The Balaban J connectivity index is 2.03. The molecule has 4 heteroatoms. The fourth-order valence-corrected chi connectivity index (χ4v) is 2.60. The predicted octanol–water partition coefficient (Wildman–Crippen LogP) is 3.23. The molecule has 0 N–H and O–H groups in total. The van der Waals surface area contributed by atoms with Gasteiger partial charge in [0, 0.05) is 18.9 Å². The van der Waals surface area contributed by atoms with Gasteiger partial charge in [-0.1, -0.05) is 36.0 Å². The van der Waals surface area contributed by atoms with Crippen molar-refractivity contribution in [2.24, 2.45) is 0 Å². The number of benzene rings is 1. The minimum absolute atomic E-state index is 0.0712.